The molecule has 0 amide bonds. The maximum atomic E-state index is 6.72. The molecule has 0 spiro atoms. The molecule has 0 saturated heterocycles. The van der Waals surface area contributed by atoms with Crippen LogP contribution in [0, 0.1) is 23.2 Å². The lowest BCUT2D eigenvalue weighted by Gasteiger charge is -1.74. The molecular formula is C6H9ClN2. The van der Waals surface area contributed by atoms with Gasteiger partial charge in [-0.1, -0.05) is 5.92 Å². The van der Waals surface area contributed by atoms with E-state index in [1.165, 1.54) is 12.8 Å². The van der Waals surface area contributed by atoms with Crippen LogP contribution in [0.3, 0.4) is 0 Å². The van der Waals surface area contributed by atoms with Crippen LogP contribution in [-0.4, -0.2) is 5.84 Å². The second kappa shape index (κ2) is 3.37. The van der Waals surface area contributed by atoms with E-state index in [2.05, 4.69) is 11.8 Å². The molecule has 1 rings (SSSR count). The molecule has 1 aliphatic rings. The Kier molecular flexibility index (Phi) is 3.11. The molecule has 0 radical (unpaired) electrons. The van der Waals surface area contributed by atoms with Crippen LogP contribution < -0.4 is 5.73 Å². The molecule has 0 aliphatic heterocycles. The highest BCUT2D eigenvalue weighted by Crippen LogP contribution is 2.27. The Balaban J connectivity index is 0.000000640. The van der Waals surface area contributed by atoms with Gasteiger partial charge in [-0.3, -0.25) is 5.41 Å². The minimum Gasteiger partial charge on any atom is -0.377 e. The Morgan fingerprint density at radius 3 is 2.44 bits per heavy atom. The normalized spacial score (nSPS) is 14.7. The largest absolute Gasteiger partial charge is 0.377 e. The van der Waals surface area contributed by atoms with Crippen LogP contribution >= 0.6 is 12.4 Å². The highest BCUT2D eigenvalue weighted by Gasteiger charge is 2.17. The molecular weight excluding hydrogens is 136 g/mol. The van der Waals surface area contributed by atoms with Gasteiger partial charge in [0.1, 0.15) is 0 Å². The lowest BCUT2D eigenvalue weighted by molar-refractivity contribution is 1.18. The smallest absolute Gasteiger partial charge is 0.168 e. The van der Waals surface area contributed by atoms with Crippen molar-refractivity contribution in [1.82, 2.24) is 0 Å². The molecule has 0 atom stereocenters. The zero-order chi connectivity index (χ0) is 5.98. The summed E-state index contributed by atoms with van der Waals surface area (Å²) in [7, 11) is 0. The Morgan fingerprint density at radius 1 is 1.56 bits per heavy atom. The van der Waals surface area contributed by atoms with Crippen molar-refractivity contribution in [2.45, 2.75) is 12.8 Å². The molecule has 0 aromatic heterocycles. The molecule has 50 valence electrons. The Bertz CT molecular complexity index is 162. The summed E-state index contributed by atoms with van der Waals surface area (Å²) in [6.07, 6.45) is 2.39. The van der Waals surface area contributed by atoms with Crippen molar-refractivity contribution in [2.24, 2.45) is 11.7 Å². The number of nitrogens with one attached hydrogen (secondary N) is 1. The predicted octanol–water partition coefficient (Wildman–Crippen LogP) is 0.758. The lowest BCUT2D eigenvalue weighted by atomic mass is 10.4. The third-order valence-electron chi connectivity index (χ3n) is 0.988. The van der Waals surface area contributed by atoms with E-state index in [0.29, 0.717) is 5.92 Å². The molecule has 0 aromatic carbocycles. The summed E-state index contributed by atoms with van der Waals surface area (Å²) in [4.78, 5) is 0. The molecule has 0 bridgehead atoms. The van der Waals surface area contributed by atoms with Crippen molar-refractivity contribution in [3.05, 3.63) is 0 Å². The van der Waals surface area contributed by atoms with Crippen LogP contribution in [-0.2, 0) is 0 Å². The monoisotopic (exact) mass is 144 g/mol. The summed E-state index contributed by atoms with van der Waals surface area (Å²) in [5, 5.41) is 6.72. The van der Waals surface area contributed by atoms with Crippen molar-refractivity contribution >= 4 is 18.2 Å². The van der Waals surface area contributed by atoms with Crippen LogP contribution in [0.4, 0.5) is 0 Å². The van der Waals surface area contributed by atoms with Crippen molar-refractivity contribution in [1.29, 1.82) is 5.41 Å². The average Bonchev–Trinajstić information content (AvgIpc) is 2.41. The number of amidine groups is 1. The molecule has 9 heavy (non-hydrogen) atoms. The van der Waals surface area contributed by atoms with E-state index in [1.54, 1.807) is 0 Å². The Labute approximate surface area is 60.7 Å². The quantitative estimate of drug-likeness (QED) is 0.294. The van der Waals surface area contributed by atoms with Gasteiger partial charge in [0, 0.05) is 5.92 Å². The van der Waals surface area contributed by atoms with E-state index < -0.39 is 0 Å². The summed E-state index contributed by atoms with van der Waals surface area (Å²) >= 11 is 0. The van der Waals surface area contributed by atoms with Gasteiger partial charge in [-0.15, -0.1) is 12.4 Å². The van der Waals surface area contributed by atoms with Crippen LogP contribution in [0.2, 0.25) is 0 Å². The second-order valence-electron chi connectivity index (χ2n) is 1.96. The number of hydrogen-bond acceptors (Lipinski definition) is 1. The van der Waals surface area contributed by atoms with Gasteiger partial charge in [0.2, 0.25) is 0 Å². The second-order valence-corrected chi connectivity index (χ2v) is 1.96. The fraction of sp³-hybridized carbons (Fsp3) is 0.500. The van der Waals surface area contributed by atoms with Gasteiger partial charge >= 0.3 is 0 Å². The molecule has 2 nitrogen and oxygen atoms in total. The molecule has 3 N–H and O–H groups in total. The van der Waals surface area contributed by atoms with Crippen molar-refractivity contribution in [3.63, 3.8) is 0 Å². The fourth-order valence-electron chi connectivity index (χ4n) is 0.407. The van der Waals surface area contributed by atoms with Gasteiger partial charge in [0.05, 0.1) is 0 Å². The van der Waals surface area contributed by atoms with Crippen LogP contribution in [0.1, 0.15) is 12.8 Å². The van der Waals surface area contributed by atoms with Gasteiger partial charge in [-0.2, -0.15) is 0 Å². The third-order valence-corrected chi connectivity index (χ3v) is 0.988. The van der Waals surface area contributed by atoms with Gasteiger partial charge in [-0.05, 0) is 18.8 Å². The topological polar surface area (TPSA) is 49.9 Å². The highest BCUT2D eigenvalue weighted by atomic mass is 35.5. The van der Waals surface area contributed by atoms with Gasteiger partial charge < -0.3 is 5.73 Å². The summed E-state index contributed by atoms with van der Waals surface area (Å²) in [6, 6.07) is 0. The Hall–Kier alpha value is -0.680. The zero-order valence-corrected chi connectivity index (χ0v) is 5.79. The SMILES string of the molecule is Cl.N=C(N)C#CC1CC1. The average molecular weight is 145 g/mol. The first-order valence-electron chi connectivity index (χ1n) is 2.64. The molecule has 1 fully saturated rings. The van der Waals surface area contributed by atoms with E-state index in [9.17, 15) is 0 Å². The number of nitrogens with two attached hydrogens (primary N) is 1. The molecule has 0 aromatic rings. The van der Waals surface area contributed by atoms with Crippen LogP contribution in [0.25, 0.3) is 0 Å². The Morgan fingerprint density at radius 2 is 2.11 bits per heavy atom. The minimum absolute atomic E-state index is 0. The zero-order valence-electron chi connectivity index (χ0n) is 4.98. The van der Waals surface area contributed by atoms with E-state index in [1.807, 2.05) is 0 Å². The maximum absolute atomic E-state index is 6.72. The molecule has 0 heterocycles. The third kappa shape index (κ3) is 3.87. The minimum atomic E-state index is -0.0168. The fourth-order valence-corrected chi connectivity index (χ4v) is 0.407. The van der Waals surface area contributed by atoms with E-state index in [-0.39, 0.29) is 18.2 Å². The summed E-state index contributed by atoms with van der Waals surface area (Å²) < 4.78 is 0. The molecule has 3 heteroatoms. The van der Waals surface area contributed by atoms with Crippen molar-refractivity contribution in [3.8, 4) is 11.8 Å². The number of rotatable bonds is 0. The predicted molar refractivity (Wildman–Crippen MR) is 39.7 cm³/mol. The first-order valence-corrected chi connectivity index (χ1v) is 2.64. The van der Waals surface area contributed by atoms with Crippen molar-refractivity contribution in [2.75, 3.05) is 0 Å². The maximum Gasteiger partial charge on any atom is 0.168 e. The lowest BCUT2D eigenvalue weighted by Crippen LogP contribution is -2.04. The first kappa shape index (κ1) is 8.32. The summed E-state index contributed by atoms with van der Waals surface area (Å²) in [5.74, 6) is 5.91. The summed E-state index contributed by atoms with van der Waals surface area (Å²) in [6.45, 7) is 0. The van der Waals surface area contributed by atoms with E-state index in [4.69, 9.17) is 11.1 Å². The van der Waals surface area contributed by atoms with Gasteiger partial charge in [0.25, 0.3) is 0 Å². The molecule has 0 unspecified atom stereocenters. The van der Waals surface area contributed by atoms with Gasteiger partial charge in [0.15, 0.2) is 5.84 Å². The highest BCUT2D eigenvalue weighted by molar-refractivity contribution is 5.94. The summed E-state index contributed by atoms with van der Waals surface area (Å²) in [5.41, 5.74) is 4.98. The molecule has 1 aliphatic carbocycles. The van der Waals surface area contributed by atoms with Crippen LogP contribution in [0.5, 0.6) is 0 Å². The first-order chi connectivity index (χ1) is 3.79. The van der Waals surface area contributed by atoms with E-state index >= 15 is 0 Å². The van der Waals surface area contributed by atoms with Gasteiger partial charge in [-0.25, -0.2) is 0 Å². The number of halogens is 1. The van der Waals surface area contributed by atoms with E-state index in [0.717, 1.165) is 0 Å². The van der Waals surface area contributed by atoms with Crippen LogP contribution in [0.15, 0.2) is 0 Å². The molecule has 1 saturated carbocycles. The van der Waals surface area contributed by atoms with Crippen molar-refractivity contribution < 1.29 is 0 Å². The number of hydrogen-bond donors (Lipinski definition) is 2. The standard InChI is InChI=1S/C6H8N2.ClH/c7-6(8)4-3-5-1-2-5;/h5H,1-2H2,(H3,7,8);1H.